The number of carbonyl (C=O) groups excluding carboxylic acids is 3. The van der Waals surface area contributed by atoms with Gasteiger partial charge in [0.15, 0.2) is 6.61 Å². The molecule has 0 heterocycles. The van der Waals surface area contributed by atoms with Crippen molar-refractivity contribution < 1.29 is 32.6 Å². The molecular weight excluding hydrogens is 348 g/mol. The molecule has 2 rings (SSSR count). The number of hydrogen-bond acceptors (Lipinski definition) is 5. The maximum absolute atomic E-state index is 13.1. The van der Waals surface area contributed by atoms with E-state index in [9.17, 15) is 23.2 Å². The number of aryl methyl sites for hydroxylation is 1. The molecule has 0 atom stereocenters. The molecule has 2 aromatic rings. The molecule has 0 aliphatic heterocycles. The van der Waals surface area contributed by atoms with Crippen LogP contribution in [0, 0.1) is 18.6 Å². The summed E-state index contributed by atoms with van der Waals surface area (Å²) in [7, 11) is 1.23. The van der Waals surface area contributed by atoms with Crippen LogP contribution in [0.15, 0.2) is 36.4 Å². The van der Waals surface area contributed by atoms with Gasteiger partial charge in [0.25, 0.3) is 5.91 Å². The maximum Gasteiger partial charge on any atom is 0.338 e. The van der Waals surface area contributed by atoms with Gasteiger partial charge in [-0.1, -0.05) is 6.07 Å². The summed E-state index contributed by atoms with van der Waals surface area (Å²) >= 11 is 0. The summed E-state index contributed by atoms with van der Waals surface area (Å²) in [6, 6.07) is 6.78. The molecule has 1 amide bonds. The van der Waals surface area contributed by atoms with E-state index in [2.05, 4.69) is 10.1 Å². The van der Waals surface area contributed by atoms with Crippen LogP contribution in [-0.2, 0) is 14.3 Å². The first kappa shape index (κ1) is 19.0. The Hall–Kier alpha value is -3.29. The molecular formula is C18H15F2NO5. The molecule has 0 aliphatic carbocycles. The van der Waals surface area contributed by atoms with Gasteiger partial charge in [0.05, 0.1) is 18.2 Å². The van der Waals surface area contributed by atoms with E-state index >= 15 is 0 Å². The van der Waals surface area contributed by atoms with Gasteiger partial charge in [0.1, 0.15) is 11.6 Å². The van der Waals surface area contributed by atoms with Crippen molar-refractivity contribution in [2.24, 2.45) is 0 Å². The molecule has 26 heavy (non-hydrogen) atoms. The molecule has 0 unspecified atom stereocenters. The number of benzene rings is 2. The molecule has 136 valence electrons. The predicted octanol–water partition coefficient (Wildman–Crippen LogP) is 2.86. The lowest BCUT2D eigenvalue weighted by Gasteiger charge is -2.10. The highest BCUT2D eigenvalue weighted by Gasteiger charge is 2.14. The zero-order chi connectivity index (χ0) is 19.3. The normalized spacial score (nSPS) is 10.2. The Morgan fingerprint density at radius 2 is 1.62 bits per heavy atom. The van der Waals surface area contributed by atoms with Crippen LogP contribution < -0.4 is 5.32 Å². The van der Waals surface area contributed by atoms with Crippen molar-refractivity contribution in [3.63, 3.8) is 0 Å². The Kier molecular flexibility index (Phi) is 6.00. The predicted molar refractivity (Wildman–Crippen MR) is 87.8 cm³/mol. The van der Waals surface area contributed by atoms with E-state index < -0.39 is 36.1 Å². The molecule has 0 fully saturated rings. The SMILES string of the molecule is COC(=O)c1ccc(C)c(NC(=O)COC(=O)c2cc(F)cc(F)c2)c1. The molecule has 6 nitrogen and oxygen atoms in total. The van der Waals surface area contributed by atoms with Crippen LogP contribution in [0.5, 0.6) is 0 Å². The third kappa shape index (κ3) is 4.85. The summed E-state index contributed by atoms with van der Waals surface area (Å²) in [5.74, 6) is -4.16. The van der Waals surface area contributed by atoms with E-state index in [1.807, 2.05) is 0 Å². The lowest BCUT2D eigenvalue weighted by atomic mass is 10.1. The number of nitrogens with one attached hydrogen (secondary N) is 1. The fourth-order valence-corrected chi connectivity index (χ4v) is 2.07. The van der Waals surface area contributed by atoms with Crippen LogP contribution in [0.1, 0.15) is 26.3 Å². The fourth-order valence-electron chi connectivity index (χ4n) is 2.07. The zero-order valence-electron chi connectivity index (χ0n) is 14.0. The quantitative estimate of drug-likeness (QED) is 0.826. The third-order valence-corrected chi connectivity index (χ3v) is 3.37. The molecule has 0 radical (unpaired) electrons. The van der Waals surface area contributed by atoms with Gasteiger partial charge in [-0.05, 0) is 36.8 Å². The second kappa shape index (κ2) is 8.19. The molecule has 1 N–H and O–H groups in total. The van der Waals surface area contributed by atoms with Gasteiger partial charge in [0.2, 0.25) is 0 Å². The Bertz CT molecular complexity index is 846. The molecule has 0 saturated heterocycles. The van der Waals surface area contributed by atoms with Crippen molar-refractivity contribution in [1.29, 1.82) is 0 Å². The number of methoxy groups -OCH3 is 1. The number of ether oxygens (including phenoxy) is 2. The molecule has 0 bridgehead atoms. The van der Waals surface area contributed by atoms with Crippen molar-refractivity contribution in [2.45, 2.75) is 6.92 Å². The van der Waals surface area contributed by atoms with Crippen LogP contribution in [0.4, 0.5) is 14.5 Å². The summed E-state index contributed by atoms with van der Waals surface area (Å²) in [6.07, 6.45) is 0. The van der Waals surface area contributed by atoms with E-state index in [0.29, 0.717) is 17.3 Å². The van der Waals surface area contributed by atoms with Crippen molar-refractivity contribution >= 4 is 23.5 Å². The zero-order valence-corrected chi connectivity index (χ0v) is 14.0. The first-order valence-electron chi connectivity index (χ1n) is 7.42. The molecule has 2 aromatic carbocycles. The standard InChI is InChI=1S/C18H15F2NO5/c1-10-3-4-11(17(23)25-2)7-15(10)21-16(22)9-26-18(24)12-5-13(19)8-14(20)6-12/h3-8H,9H2,1-2H3,(H,21,22). The number of hydrogen-bond donors (Lipinski definition) is 1. The number of rotatable bonds is 5. The molecule has 0 aromatic heterocycles. The van der Waals surface area contributed by atoms with Gasteiger partial charge in [-0.25, -0.2) is 18.4 Å². The monoisotopic (exact) mass is 363 g/mol. The van der Waals surface area contributed by atoms with Crippen LogP contribution in [0.2, 0.25) is 0 Å². The summed E-state index contributed by atoms with van der Waals surface area (Å²) in [5, 5.41) is 2.49. The molecule has 0 saturated carbocycles. The smallest absolute Gasteiger partial charge is 0.338 e. The second-order valence-electron chi connectivity index (χ2n) is 5.30. The maximum atomic E-state index is 13.1. The minimum atomic E-state index is -1.04. The van der Waals surface area contributed by atoms with Crippen LogP contribution in [0.25, 0.3) is 0 Å². The van der Waals surface area contributed by atoms with Gasteiger partial charge in [-0.15, -0.1) is 0 Å². The van der Waals surface area contributed by atoms with Crippen molar-refractivity contribution in [2.75, 3.05) is 19.0 Å². The lowest BCUT2D eigenvalue weighted by molar-refractivity contribution is -0.119. The second-order valence-corrected chi connectivity index (χ2v) is 5.30. The first-order chi connectivity index (χ1) is 12.3. The van der Waals surface area contributed by atoms with Gasteiger partial charge < -0.3 is 14.8 Å². The van der Waals surface area contributed by atoms with Gasteiger partial charge in [-0.3, -0.25) is 4.79 Å². The molecule has 0 spiro atoms. The van der Waals surface area contributed by atoms with Crippen LogP contribution in [-0.4, -0.2) is 31.6 Å². The Balaban J connectivity index is 2.00. The first-order valence-corrected chi connectivity index (χ1v) is 7.42. The summed E-state index contributed by atoms with van der Waals surface area (Å²) in [6.45, 7) is 1.04. The topological polar surface area (TPSA) is 81.7 Å². The largest absolute Gasteiger partial charge is 0.465 e. The van der Waals surface area contributed by atoms with Gasteiger partial charge in [-0.2, -0.15) is 0 Å². The van der Waals surface area contributed by atoms with Crippen LogP contribution in [0.3, 0.4) is 0 Å². The number of amides is 1. The van der Waals surface area contributed by atoms with Gasteiger partial charge >= 0.3 is 11.9 Å². The Morgan fingerprint density at radius 3 is 2.23 bits per heavy atom. The average Bonchev–Trinajstić information content (AvgIpc) is 2.60. The van der Waals surface area contributed by atoms with E-state index in [1.54, 1.807) is 13.0 Å². The van der Waals surface area contributed by atoms with Crippen molar-refractivity contribution in [3.8, 4) is 0 Å². The van der Waals surface area contributed by atoms with E-state index in [1.165, 1.54) is 19.2 Å². The summed E-state index contributed by atoms with van der Waals surface area (Å²) in [5.41, 5.74) is 0.898. The summed E-state index contributed by atoms with van der Waals surface area (Å²) < 4.78 is 35.5. The number of carbonyl (C=O) groups is 3. The van der Waals surface area contributed by atoms with Crippen molar-refractivity contribution in [1.82, 2.24) is 0 Å². The molecule has 0 aliphatic rings. The van der Waals surface area contributed by atoms with E-state index in [-0.39, 0.29) is 11.1 Å². The number of esters is 2. The molecule has 8 heteroatoms. The highest BCUT2D eigenvalue weighted by atomic mass is 19.1. The number of halogens is 2. The summed E-state index contributed by atoms with van der Waals surface area (Å²) in [4.78, 5) is 35.2. The highest BCUT2D eigenvalue weighted by Crippen LogP contribution is 2.17. The minimum absolute atomic E-state index is 0.237. The Morgan fingerprint density at radius 1 is 0.962 bits per heavy atom. The third-order valence-electron chi connectivity index (χ3n) is 3.37. The highest BCUT2D eigenvalue weighted by molar-refractivity contribution is 5.97. The Labute approximate surface area is 147 Å². The van der Waals surface area contributed by atoms with Crippen molar-refractivity contribution in [3.05, 3.63) is 64.7 Å². The van der Waals surface area contributed by atoms with E-state index in [4.69, 9.17) is 4.74 Å². The lowest BCUT2D eigenvalue weighted by Crippen LogP contribution is -2.21. The van der Waals surface area contributed by atoms with E-state index in [0.717, 1.165) is 12.1 Å². The fraction of sp³-hybridized carbons (Fsp3) is 0.167. The van der Waals surface area contributed by atoms with Crippen LogP contribution >= 0.6 is 0 Å². The minimum Gasteiger partial charge on any atom is -0.465 e. The van der Waals surface area contributed by atoms with Gasteiger partial charge in [0, 0.05) is 11.8 Å². The number of anilines is 1. The average molecular weight is 363 g/mol.